The van der Waals surface area contributed by atoms with Gasteiger partial charge in [0.2, 0.25) is 0 Å². The minimum Gasteiger partial charge on any atom is -0.394 e. The van der Waals surface area contributed by atoms with Crippen LogP contribution in [0.2, 0.25) is 0 Å². The Labute approximate surface area is 98.2 Å². The summed E-state index contributed by atoms with van der Waals surface area (Å²) in [6.07, 6.45) is 10.4. The molecular formula is C13H25NO2. The zero-order chi connectivity index (χ0) is 11.4. The summed E-state index contributed by atoms with van der Waals surface area (Å²) in [6, 6.07) is 0.562. The fourth-order valence-electron chi connectivity index (χ4n) is 3.43. The molecule has 2 rings (SSSR count). The van der Waals surface area contributed by atoms with E-state index in [1.807, 2.05) is 0 Å². The maximum Gasteiger partial charge on any atom is 0.0895 e. The lowest BCUT2D eigenvalue weighted by Gasteiger charge is -2.37. The van der Waals surface area contributed by atoms with Crippen molar-refractivity contribution in [1.29, 1.82) is 0 Å². The van der Waals surface area contributed by atoms with E-state index in [2.05, 4.69) is 5.32 Å². The largest absolute Gasteiger partial charge is 0.394 e. The number of hydrogen-bond donors (Lipinski definition) is 3. The fraction of sp³-hybridized carbons (Fsp3) is 1.00. The monoisotopic (exact) mass is 227 g/mol. The van der Waals surface area contributed by atoms with Crippen molar-refractivity contribution in [3.8, 4) is 0 Å². The predicted octanol–water partition coefficient (Wildman–Crippen LogP) is 1.43. The fourth-order valence-corrected chi connectivity index (χ4v) is 3.43. The Kier molecular flexibility index (Phi) is 4.22. The number of rotatable bonds is 4. The second-order valence-electron chi connectivity index (χ2n) is 5.73. The second-order valence-corrected chi connectivity index (χ2v) is 5.73. The first-order chi connectivity index (χ1) is 7.74. The molecule has 3 heteroatoms. The summed E-state index contributed by atoms with van der Waals surface area (Å²) in [5.41, 5.74) is 0.688. The third-order valence-electron chi connectivity index (χ3n) is 4.56. The summed E-state index contributed by atoms with van der Waals surface area (Å²) >= 11 is 0. The Morgan fingerprint density at radius 2 is 1.75 bits per heavy atom. The highest BCUT2D eigenvalue weighted by Crippen LogP contribution is 2.48. The molecule has 0 radical (unpaired) electrons. The topological polar surface area (TPSA) is 52.5 Å². The van der Waals surface area contributed by atoms with Gasteiger partial charge < -0.3 is 15.5 Å². The first-order valence-electron chi connectivity index (χ1n) is 6.76. The summed E-state index contributed by atoms with van der Waals surface area (Å²) < 4.78 is 0. The standard InChI is InChI=1S/C13H25NO2/c15-10-12(16)9-14-11-3-7-13(8-4-11)5-1-2-6-13/h11-12,14-16H,1-10H2. The Balaban J connectivity index is 1.69. The lowest BCUT2D eigenvalue weighted by Crippen LogP contribution is -2.41. The van der Waals surface area contributed by atoms with Gasteiger partial charge >= 0.3 is 0 Å². The molecule has 0 aromatic carbocycles. The molecule has 0 aliphatic heterocycles. The SMILES string of the molecule is OCC(O)CNC1CCC2(CCCC2)CC1. The van der Waals surface area contributed by atoms with Gasteiger partial charge in [0.1, 0.15) is 0 Å². The Morgan fingerprint density at radius 1 is 1.12 bits per heavy atom. The van der Waals surface area contributed by atoms with Crippen LogP contribution >= 0.6 is 0 Å². The molecule has 94 valence electrons. The van der Waals surface area contributed by atoms with Gasteiger partial charge in [-0.15, -0.1) is 0 Å². The predicted molar refractivity (Wildman–Crippen MR) is 64.3 cm³/mol. The molecule has 0 bridgehead atoms. The van der Waals surface area contributed by atoms with Crippen LogP contribution in [-0.4, -0.2) is 35.5 Å². The van der Waals surface area contributed by atoms with Crippen molar-refractivity contribution in [1.82, 2.24) is 5.32 Å². The zero-order valence-corrected chi connectivity index (χ0v) is 10.1. The summed E-state index contributed by atoms with van der Waals surface area (Å²) in [5, 5.41) is 21.4. The van der Waals surface area contributed by atoms with Crippen LogP contribution in [0.15, 0.2) is 0 Å². The molecular weight excluding hydrogens is 202 g/mol. The molecule has 0 aromatic heterocycles. The van der Waals surface area contributed by atoms with Crippen LogP contribution in [0.4, 0.5) is 0 Å². The average molecular weight is 227 g/mol. The average Bonchev–Trinajstić information content (AvgIpc) is 2.77. The number of hydrogen-bond acceptors (Lipinski definition) is 3. The molecule has 2 saturated carbocycles. The van der Waals surface area contributed by atoms with Crippen LogP contribution in [-0.2, 0) is 0 Å². The van der Waals surface area contributed by atoms with E-state index >= 15 is 0 Å². The molecule has 2 aliphatic carbocycles. The van der Waals surface area contributed by atoms with Gasteiger partial charge in [0.25, 0.3) is 0 Å². The lowest BCUT2D eigenvalue weighted by molar-refractivity contribution is 0.0858. The highest BCUT2D eigenvalue weighted by atomic mass is 16.3. The molecule has 0 aromatic rings. The highest BCUT2D eigenvalue weighted by molar-refractivity contribution is 4.91. The van der Waals surface area contributed by atoms with Crippen molar-refractivity contribution < 1.29 is 10.2 Å². The van der Waals surface area contributed by atoms with Gasteiger partial charge in [-0.1, -0.05) is 12.8 Å². The summed E-state index contributed by atoms with van der Waals surface area (Å²) in [5.74, 6) is 0. The van der Waals surface area contributed by atoms with Crippen molar-refractivity contribution in [2.45, 2.75) is 63.5 Å². The first kappa shape index (κ1) is 12.3. The highest BCUT2D eigenvalue weighted by Gasteiger charge is 2.37. The molecule has 1 spiro atoms. The van der Waals surface area contributed by atoms with Crippen molar-refractivity contribution >= 4 is 0 Å². The third kappa shape index (κ3) is 2.96. The molecule has 0 heterocycles. The lowest BCUT2D eigenvalue weighted by atomic mass is 9.71. The molecule has 2 aliphatic rings. The van der Waals surface area contributed by atoms with Gasteiger partial charge in [0, 0.05) is 12.6 Å². The van der Waals surface area contributed by atoms with E-state index in [1.165, 1.54) is 51.4 Å². The van der Waals surface area contributed by atoms with Crippen LogP contribution in [0, 0.1) is 5.41 Å². The molecule has 0 saturated heterocycles. The van der Waals surface area contributed by atoms with E-state index in [4.69, 9.17) is 5.11 Å². The Morgan fingerprint density at radius 3 is 2.31 bits per heavy atom. The van der Waals surface area contributed by atoms with Gasteiger partial charge in [-0.25, -0.2) is 0 Å². The summed E-state index contributed by atoms with van der Waals surface area (Å²) in [4.78, 5) is 0. The van der Waals surface area contributed by atoms with E-state index in [9.17, 15) is 5.11 Å². The number of aliphatic hydroxyl groups excluding tert-OH is 2. The quantitative estimate of drug-likeness (QED) is 0.681. The van der Waals surface area contributed by atoms with Crippen LogP contribution in [0.1, 0.15) is 51.4 Å². The smallest absolute Gasteiger partial charge is 0.0895 e. The van der Waals surface area contributed by atoms with E-state index in [-0.39, 0.29) is 6.61 Å². The normalized spacial score (nSPS) is 27.4. The maximum absolute atomic E-state index is 9.28. The minimum atomic E-state index is -0.595. The molecule has 1 unspecified atom stereocenters. The maximum atomic E-state index is 9.28. The van der Waals surface area contributed by atoms with Gasteiger partial charge in [-0.05, 0) is 43.9 Å². The van der Waals surface area contributed by atoms with Crippen LogP contribution < -0.4 is 5.32 Å². The summed E-state index contributed by atoms with van der Waals surface area (Å²) in [7, 11) is 0. The Bertz CT molecular complexity index is 204. The van der Waals surface area contributed by atoms with E-state index in [1.54, 1.807) is 0 Å². The number of nitrogens with one attached hydrogen (secondary N) is 1. The summed E-state index contributed by atoms with van der Waals surface area (Å²) in [6.45, 7) is 0.401. The Hall–Kier alpha value is -0.120. The number of aliphatic hydroxyl groups is 2. The molecule has 3 nitrogen and oxygen atoms in total. The van der Waals surface area contributed by atoms with Gasteiger partial charge in [-0.2, -0.15) is 0 Å². The van der Waals surface area contributed by atoms with Crippen LogP contribution in [0.3, 0.4) is 0 Å². The van der Waals surface area contributed by atoms with Crippen molar-refractivity contribution in [2.75, 3.05) is 13.2 Å². The molecule has 16 heavy (non-hydrogen) atoms. The molecule has 0 amide bonds. The van der Waals surface area contributed by atoms with Gasteiger partial charge in [0.15, 0.2) is 0 Å². The van der Waals surface area contributed by atoms with E-state index in [0.29, 0.717) is 18.0 Å². The van der Waals surface area contributed by atoms with E-state index < -0.39 is 6.10 Å². The minimum absolute atomic E-state index is 0.135. The van der Waals surface area contributed by atoms with Crippen LogP contribution in [0.5, 0.6) is 0 Å². The van der Waals surface area contributed by atoms with Gasteiger partial charge in [-0.3, -0.25) is 0 Å². The second kappa shape index (κ2) is 5.48. The van der Waals surface area contributed by atoms with Crippen LogP contribution in [0.25, 0.3) is 0 Å². The first-order valence-corrected chi connectivity index (χ1v) is 6.76. The van der Waals surface area contributed by atoms with Crippen molar-refractivity contribution in [3.05, 3.63) is 0 Å². The molecule has 2 fully saturated rings. The van der Waals surface area contributed by atoms with Crippen molar-refractivity contribution in [3.63, 3.8) is 0 Å². The van der Waals surface area contributed by atoms with Gasteiger partial charge in [0.05, 0.1) is 12.7 Å². The molecule has 3 N–H and O–H groups in total. The van der Waals surface area contributed by atoms with E-state index in [0.717, 1.165) is 0 Å². The third-order valence-corrected chi connectivity index (χ3v) is 4.56. The zero-order valence-electron chi connectivity index (χ0n) is 10.1. The van der Waals surface area contributed by atoms with Crippen molar-refractivity contribution in [2.24, 2.45) is 5.41 Å². The molecule has 1 atom stereocenters.